The highest BCUT2D eigenvalue weighted by Gasteiger charge is 2.42. The summed E-state index contributed by atoms with van der Waals surface area (Å²) in [5, 5.41) is 0. The van der Waals surface area contributed by atoms with Gasteiger partial charge in [-0.05, 0) is 38.5 Å². The van der Waals surface area contributed by atoms with Gasteiger partial charge in [-0.3, -0.25) is 4.90 Å². The Morgan fingerprint density at radius 3 is 2.36 bits per heavy atom. The van der Waals surface area contributed by atoms with Gasteiger partial charge in [0.2, 0.25) is 0 Å². The van der Waals surface area contributed by atoms with Crippen molar-refractivity contribution in [2.75, 3.05) is 6.54 Å². The molecule has 11 heavy (non-hydrogen) atoms. The third-order valence-electron chi connectivity index (χ3n) is 3.60. The van der Waals surface area contributed by atoms with Crippen LogP contribution in [0.4, 0.5) is 0 Å². The lowest BCUT2D eigenvalue weighted by atomic mass is 9.96. The molecule has 1 aliphatic heterocycles. The highest BCUT2D eigenvalue weighted by atomic mass is 15.2. The van der Waals surface area contributed by atoms with Crippen LogP contribution in [0.5, 0.6) is 0 Å². The summed E-state index contributed by atoms with van der Waals surface area (Å²) >= 11 is 0. The van der Waals surface area contributed by atoms with E-state index in [1.54, 1.807) is 0 Å². The van der Waals surface area contributed by atoms with Crippen LogP contribution < -0.4 is 0 Å². The summed E-state index contributed by atoms with van der Waals surface area (Å²) < 4.78 is 0. The van der Waals surface area contributed by atoms with Crippen LogP contribution in [0.2, 0.25) is 0 Å². The monoisotopic (exact) mass is 153 g/mol. The first-order chi connectivity index (χ1) is 5.18. The molecule has 0 aromatic carbocycles. The van der Waals surface area contributed by atoms with Crippen molar-refractivity contribution in [3.63, 3.8) is 0 Å². The van der Waals surface area contributed by atoms with Crippen molar-refractivity contribution >= 4 is 0 Å². The summed E-state index contributed by atoms with van der Waals surface area (Å²) in [5.41, 5.74) is 0. The van der Waals surface area contributed by atoms with E-state index in [4.69, 9.17) is 0 Å². The number of nitrogens with zero attached hydrogens (tertiary/aromatic N) is 1. The molecule has 0 radical (unpaired) electrons. The number of piperidine rings is 1. The Balaban J connectivity index is 2.02. The Morgan fingerprint density at radius 1 is 1.27 bits per heavy atom. The minimum atomic E-state index is 0.775. The van der Waals surface area contributed by atoms with E-state index in [0.29, 0.717) is 0 Å². The van der Waals surface area contributed by atoms with E-state index in [1.165, 1.54) is 19.4 Å². The molecule has 3 atom stereocenters. The third-order valence-corrected chi connectivity index (χ3v) is 3.60. The Kier molecular flexibility index (Phi) is 1.71. The fourth-order valence-electron chi connectivity index (χ4n) is 2.88. The second-order valence-corrected chi connectivity index (χ2v) is 4.65. The number of rotatable bonds is 1. The fourth-order valence-corrected chi connectivity index (χ4v) is 2.88. The Morgan fingerprint density at radius 2 is 2.00 bits per heavy atom. The molecule has 2 fully saturated rings. The minimum Gasteiger partial charge on any atom is -0.298 e. The molecule has 0 N–H and O–H groups in total. The lowest BCUT2D eigenvalue weighted by Crippen LogP contribution is -2.39. The summed E-state index contributed by atoms with van der Waals surface area (Å²) in [4.78, 5) is 2.69. The maximum absolute atomic E-state index is 2.69. The van der Waals surface area contributed by atoms with E-state index in [1.807, 2.05) is 0 Å². The van der Waals surface area contributed by atoms with Gasteiger partial charge in [0.25, 0.3) is 0 Å². The van der Waals surface area contributed by atoms with Crippen molar-refractivity contribution in [1.82, 2.24) is 4.90 Å². The lowest BCUT2D eigenvalue weighted by molar-refractivity contribution is 0.145. The van der Waals surface area contributed by atoms with E-state index in [2.05, 4.69) is 25.7 Å². The van der Waals surface area contributed by atoms with Gasteiger partial charge in [0.15, 0.2) is 0 Å². The first kappa shape index (κ1) is 7.60. The Labute approximate surface area is 69.8 Å². The minimum absolute atomic E-state index is 0.775. The van der Waals surface area contributed by atoms with Crippen molar-refractivity contribution in [1.29, 1.82) is 0 Å². The Hall–Kier alpha value is -0.0400. The van der Waals surface area contributed by atoms with Crippen molar-refractivity contribution in [3.8, 4) is 0 Å². The van der Waals surface area contributed by atoms with Crippen LogP contribution in [-0.2, 0) is 0 Å². The molecule has 1 saturated heterocycles. The zero-order valence-electron chi connectivity index (χ0n) is 7.88. The van der Waals surface area contributed by atoms with Crippen LogP contribution in [0.15, 0.2) is 0 Å². The van der Waals surface area contributed by atoms with Crippen molar-refractivity contribution in [2.24, 2.45) is 11.8 Å². The topological polar surface area (TPSA) is 3.24 Å². The predicted octanol–water partition coefficient (Wildman–Crippen LogP) is 2.13. The molecule has 2 rings (SSSR count). The molecule has 0 aromatic heterocycles. The molecule has 1 heterocycles. The maximum atomic E-state index is 2.69. The van der Waals surface area contributed by atoms with Crippen LogP contribution in [0.25, 0.3) is 0 Å². The fraction of sp³-hybridized carbons (Fsp3) is 1.00. The SMILES string of the molecule is CC(C)N1C[C@H]2CC1C[C@H]2C. The van der Waals surface area contributed by atoms with Gasteiger partial charge >= 0.3 is 0 Å². The lowest BCUT2D eigenvalue weighted by Gasteiger charge is -2.32. The first-order valence-corrected chi connectivity index (χ1v) is 4.94. The molecule has 2 bridgehead atoms. The van der Waals surface area contributed by atoms with Gasteiger partial charge in [0.1, 0.15) is 0 Å². The summed E-state index contributed by atoms with van der Waals surface area (Å²) in [6, 6.07) is 1.72. The van der Waals surface area contributed by atoms with Crippen LogP contribution in [0.1, 0.15) is 33.6 Å². The largest absolute Gasteiger partial charge is 0.298 e. The van der Waals surface area contributed by atoms with Gasteiger partial charge in [-0.1, -0.05) is 6.92 Å². The summed E-state index contributed by atoms with van der Waals surface area (Å²) in [7, 11) is 0. The van der Waals surface area contributed by atoms with E-state index in [-0.39, 0.29) is 0 Å². The standard InChI is InChI=1S/C10H19N/c1-7(2)11-6-9-5-10(11)4-8(9)3/h7-10H,4-6H2,1-3H3/t8-,9-,10?/m1/s1. The number of hydrogen-bond donors (Lipinski definition) is 0. The highest BCUT2D eigenvalue weighted by molar-refractivity contribution is 4.96. The normalized spacial score (nSPS) is 44.2. The molecule has 1 heteroatoms. The second-order valence-electron chi connectivity index (χ2n) is 4.65. The zero-order valence-corrected chi connectivity index (χ0v) is 7.88. The number of hydrogen-bond acceptors (Lipinski definition) is 1. The molecule has 0 aromatic rings. The molecular formula is C10H19N. The molecule has 64 valence electrons. The molecule has 0 spiro atoms. The summed E-state index contributed by atoms with van der Waals surface area (Å²) in [6.45, 7) is 8.45. The average molecular weight is 153 g/mol. The van der Waals surface area contributed by atoms with Crippen LogP contribution in [0.3, 0.4) is 0 Å². The van der Waals surface area contributed by atoms with Crippen molar-refractivity contribution in [3.05, 3.63) is 0 Å². The molecule has 2 aliphatic rings. The summed E-state index contributed by atoms with van der Waals surface area (Å²) in [6.07, 6.45) is 2.95. The smallest absolute Gasteiger partial charge is 0.0104 e. The predicted molar refractivity (Wildman–Crippen MR) is 47.5 cm³/mol. The van der Waals surface area contributed by atoms with Gasteiger partial charge in [-0.2, -0.15) is 0 Å². The maximum Gasteiger partial charge on any atom is 0.0104 e. The van der Waals surface area contributed by atoms with Gasteiger partial charge in [0.05, 0.1) is 0 Å². The van der Waals surface area contributed by atoms with Crippen LogP contribution in [-0.4, -0.2) is 23.5 Å². The van der Waals surface area contributed by atoms with E-state index < -0.39 is 0 Å². The van der Waals surface area contributed by atoms with Gasteiger partial charge in [0, 0.05) is 18.6 Å². The molecular weight excluding hydrogens is 134 g/mol. The van der Waals surface area contributed by atoms with Gasteiger partial charge in [-0.25, -0.2) is 0 Å². The molecule has 0 amide bonds. The van der Waals surface area contributed by atoms with Gasteiger partial charge < -0.3 is 0 Å². The van der Waals surface area contributed by atoms with E-state index in [0.717, 1.165) is 23.9 Å². The highest BCUT2D eigenvalue weighted by Crippen LogP contribution is 2.42. The molecule has 1 saturated carbocycles. The zero-order chi connectivity index (χ0) is 8.01. The van der Waals surface area contributed by atoms with Crippen molar-refractivity contribution < 1.29 is 0 Å². The average Bonchev–Trinajstić information content (AvgIpc) is 2.43. The molecule has 1 unspecified atom stereocenters. The number of fused-ring (bicyclic) bond motifs is 2. The first-order valence-electron chi connectivity index (χ1n) is 4.94. The van der Waals surface area contributed by atoms with E-state index in [9.17, 15) is 0 Å². The Bertz CT molecular complexity index is 151. The third kappa shape index (κ3) is 1.10. The van der Waals surface area contributed by atoms with Crippen LogP contribution in [0, 0.1) is 11.8 Å². The van der Waals surface area contributed by atoms with Crippen LogP contribution >= 0.6 is 0 Å². The van der Waals surface area contributed by atoms with E-state index >= 15 is 0 Å². The van der Waals surface area contributed by atoms with Crippen molar-refractivity contribution in [2.45, 2.75) is 45.7 Å². The number of likely N-dealkylation sites (tertiary alicyclic amines) is 1. The molecule has 1 nitrogen and oxygen atoms in total. The molecule has 1 aliphatic carbocycles. The quantitative estimate of drug-likeness (QED) is 0.558. The summed E-state index contributed by atoms with van der Waals surface area (Å²) in [5.74, 6) is 2.04. The van der Waals surface area contributed by atoms with Gasteiger partial charge in [-0.15, -0.1) is 0 Å². The second kappa shape index (κ2) is 2.48.